The molecule has 9 nitrogen and oxygen atoms in total. The SMILES string of the molecule is CCOC(=O)CN(CC)CCN[C@H]1C[C@@H](c2nc(-c3ccc4ccc(-c5ccccc5)nc4c3)c3c(N)nccn32)C1. The smallest absolute Gasteiger partial charge is 0.320 e. The lowest BCUT2D eigenvalue weighted by Crippen LogP contribution is -2.44. The Kier molecular flexibility index (Phi) is 8.12. The highest BCUT2D eigenvalue weighted by Crippen LogP contribution is 2.40. The molecular weight excluding hydrogens is 526 g/mol. The van der Waals surface area contributed by atoms with Crippen molar-refractivity contribution in [1.82, 2.24) is 29.6 Å². The maximum atomic E-state index is 11.8. The van der Waals surface area contributed by atoms with Crippen LogP contribution in [0.4, 0.5) is 5.82 Å². The van der Waals surface area contributed by atoms with Crippen LogP contribution < -0.4 is 11.1 Å². The molecule has 0 radical (unpaired) electrons. The molecule has 6 rings (SSSR count). The molecule has 42 heavy (non-hydrogen) atoms. The standard InChI is InChI=1S/C33H37N7O2/c1-3-39(21-29(41)42-4-2)16-14-35-26-18-25(19-26)33-38-30(31-32(34)36-15-17-40(31)33)24-11-10-23-12-13-27(37-28(23)20-24)22-8-6-5-7-9-22/h5-13,15,17,20,25-26,35H,3-4,14,16,18-19,21H2,1-2H3,(H2,34,36)/t25-,26+. The highest BCUT2D eigenvalue weighted by molar-refractivity contribution is 5.91. The van der Waals surface area contributed by atoms with E-state index in [2.05, 4.69) is 69.0 Å². The summed E-state index contributed by atoms with van der Waals surface area (Å²) in [5, 5.41) is 4.72. The van der Waals surface area contributed by atoms with E-state index in [0.717, 1.165) is 77.2 Å². The second-order valence-electron chi connectivity index (χ2n) is 10.8. The molecule has 1 fully saturated rings. The van der Waals surface area contributed by atoms with Gasteiger partial charge in [0.05, 0.1) is 24.4 Å². The largest absolute Gasteiger partial charge is 0.465 e. The molecule has 3 heterocycles. The van der Waals surface area contributed by atoms with Gasteiger partial charge in [-0.1, -0.05) is 55.5 Å². The molecule has 0 atom stereocenters. The predicted octanol–water partition coefficient (Wildman–Crippen LogP) is 4.91. The first-order chi connectivity index (χ1) is 20.5. The zero-order valence-corrected chi connectivity index (χ0v) is 24.2. The van der Waals surface area contributed by atoms with Crippen LogP contribution in [0.15, 0.2) is 73.1 Å². The van der Waals surface area contributed by atoms with E-state index in [1.165, 1.54) is 0 Å². The number of carbonyl (C=O) groups excluding carboxylic acids is 1. The van der Waals surface area contributed by atoms with Crippen molar-refractivity contribution in [2.75, 3.05) is 38.5 Å². The summed E-state index contributed by atoms with van der Waals surface area (Å²) in [6, 6.07) is 21.1. The van der Waals surface area contributed by atoms with Gasteiger partial charge < -0.3 is 15.8 Å². The number of imidazole rings is 1. The number of anilines is 1. The van der Waals surface area contributed by atoms with Crippen LogP contribution in [-0.4, -0.2) is 69.0 Å². The summed E-state index contributed by atoms with van der Waals surface area (Å²) in [5.41, 5.74) is 12.0. The zero-order chi connectivity index (χ0) is 29.1. The first-order valence-electron chi connectivity index (χ1n) is 14.7. The van der Waals surface area contributed by atoms with Gasteiger partial charge in [-0.25, -0.2) is 15.0 Å². The molecular formula is C33H37N7O2. The summed E-state index contributed by atoms with van der Waals surface area (Å²) in [4.78, 5) is 28.5. The molecule has 0 unspecified atom stereocenters. The average molecular weight is 564 g/mol. The van der Waals surface area contributed by atoms with E-state index < -0.39 is 0 Å². The number of hydrogen-bond donors (Lipinski definition) is 2. The molecule has 0 spiro atoms. The van der Waals surface area contributed by atoms with Crippen LogP contribution in [-0.2, 0) is 9.53 Å². The van der Waals surface area contributed by atoms with E-state index in [4.69, 9.17) is 20.4 Å². The molecule has 0 bridgehead atoms. The van der Waals surface area contributed by atoms with E-state index in [0.29, 0.717) is 30.9 Å². The van der Waals surface area contributed by atoms with E-state index >= 15 is 0 Å². The number of fused-ring (bicyclic) bond motifs is 2. The number of esters is 1. The zero-order valence-electron chi connectivity index (χ0n) is 24.2. The fraction of sp³-hybridized carbons (Fsp3) is 0.333. The van der Waals surface area contributed by atoms with Crippen LogP contribution >= 0.6 is 0 Å². The summed E-state index contributed by atoms with van der Waals surface area (Å²) in [7, 11) is 0. The van der Waals surface area contributed by atoms with Crippen molar-refractivity contribution in [3.05, 3.63) is 78.9 Å². The van der Waals surface area contributed by atoms with E-state index in [1.807, 2.05) is 31.3 Å². The third-order valence-corrected chi connectivity index (χ3v) is 8.11. The molecule has 0 aliphatic heterocycles. The lowest BCUT2D eigenvalue weighted by atomic mass is 9.79. The molecule has 5 aromatic rings. The topological polar surface area (TPSA) is 111 Å². The monoisotopic (exact) mass is 563 g/mol. The lowest BCUT2D eigenvalue weighted by Gasteiger charge is -2.35. The molecule has 1 aliphatic rings. The number of aromatic nitrogens is 4. The molecule has 0 saturated heterocycles. The Morgan fingerprint density at radius 1 is 1.07 bits per heavy atom. The van der Waals surface area contributed by atoms with Gasteiger partial charge in [0.15, 0.2) is 0 Å². The summed E-state index contributed by atoms with van der Waals surface area (Å²) < 4.78 is 7.20. The highest BCUT2D eigenvalue weighted by atomic mass is 16.5. The van der Waals surface area contributed by atoms with Crippen LogP contribution in [0.5, 0.6) is 0 Å². The summed E-state index contributed by atoms with van der Waals surface area (Å²) in [5.74, 6) is 1.62. The van der Waals surface area contributed by atoms with Gasteiger partial charge in [-0.15, -0.1) is 0 Å². The third kappa shape index (κ3) is 5.70. The van der Waals surface area contributed by atoms with Crippen LogP contribution in [0.3, 0.4) is 0 Å². The Morgan fingerprint density at radius 3 is 2.67 bits per heavy atom. The van der Waals surface area contributed by atoms with Crippen molar-refractivity contribution < 1.29 is 9.53 Å². The van der Waals surface area contributed by atoms with Crippen molar-refractivity contribution >= 4 is 28.2 Å². The second-order valence-corrected chi connectivity index (χ2v) is 10.8. The number of nitrogen functional groups attached to an aromatic ring is 1. The molecule has 3 N–H and O–H groups in total. The van der Waals surface area contributed by atoms with Crippen LogP contribution in [0.1, 0.15) is 38.4 Å². The quantitative estimate of drug-likeness (QED) is 0.218. The molecule has 216 valence electrons. The maximum Gasteiger partial charge on any atom is 0.320 e. The Morgan fingerprint density at radius 2 is 1.88 bits per heavy atom. The molecule has 0 amide bonds. The van der Waals surface area contributed by atoms with E-state index in [-0.39, 0.29) is 5.97 Å². The number of hydrogen-bond acceptors (Lipinski definition) is 8. The fourth-order valence-electron chi connectivity index (χ4n) is 5.77. The minimum atomic E-state index is -0.169. The van der Waals surface area contributed by atoms with Gasteiger partial charge in [-0.2, -0.15) is 0 Å². The number of ether oxygens (including phenoxy) is 1. The predicted molar refractivity (Wildman–Crippen MR) is 166 cm³/mol. The maximum absolute atomic E-state index is 11.8. The normalized spacial score (nSPS) is 16.6. The first-order valence-corrected chi connectivity index (χ1v) is 14.7. The number of nitrogens with two attached hydrogens (primary N) is 1. The highest BCUT2D eigenvalue weighted by Gasteiger charge is 2.34. The Labute approximate surface area is 245 Å². The number of pyridine rings is 1. The third-order valence-electron chi connectivity index (χ3n) is 8.11. The van der Waals surface area contributed by atoms with Crippen LogP contribution in [0.2, 0.25) is 0 Å². The van der Waals surface area contributed by atoms with Crippen LogP contribution in [0.25, 0.3) is 38.9 Å². The minimum Gasteiger partial charge on any atom is -0.465 e. The molecule has 2 aromatic carbocycles. The van der Waals surface area contributed by atoms with Gasteiger partial charge in [0.25, 0.3) is 0 Å². The number of nitrogens with one attached hydrogen (secondary N) is 1. The Bertz CT molecular complexity index is 1700. The lowest BCUT2D eigenvalue weighted by molar-refractivity contribution is -0.144. The van der Waals surface area contributed by atoms with Gasteiger partial charge in [0, 0.05) is 54.0 Å². The summed E-state index contributed by atoms with van der Waals surface area (Å²) >= 11 is 0. The van der Waals surface area contributed by atoms with Crippen LogP contribution in [0, 0.1) is 0 Å². The van der Waals surface area contributed by atoms with Gasteiger partial charge in [0.1, 0.15) is 22.9 Å². The number of benzene rings is 2. The van der Waals surface area contributed by atoms with Crippen molar-refractivity contribution in [1.29, 1.82) is 0 Å². The first kappa shape index (κ1) is 27.8. The van der Waals surface area contributed by atoms with Gasteiger partial charge in [-0.05, 0) is 38.4 Å². The molecule has 9 heteroatoms. The average Bonchev–Trinajstić information content (AvgIpc) is 3.38. The number of rotatable bonds is 11. The van der Waals surface area contributed by atoms with Crippen molar-refractivity contribution in [3.8, 4) is 22.5 Å². The molecule has 1 saturated carbocycles. The van der Waals surface area contributed by atoms with Crippen molar-refractivity contribution in [3.63, 3.8) is 0 Å². The second kappa shape index (κ2) is 12.3. The minimum absolute atomic E-state index is 0.169. The van der Waals surface area contributed by atoms with Crippen molar-refractivity contribution in [2.45, 2.75) is 38.6 Å². The number of carbonyl (C=O) groups is 1. The molecule has 3 aromatic heterocycles. The van der Waals surface area contributed by atoms with E-state index in [9.17, 15) is 4.79 Å². The summed E-state index contributed by atoms with van der Waals surface area (Å²) in [6.07, 6.45) is 5.68. The van der Waals surface area contributed by atoms with E-state index in [1.54, 1.807) is 6.20 Å². The Balaban J connectivity index is 1.19. The van der Waals surface area contributed by atoms with Gasteiger partial charge >= 0.3 is 5.97 Å². The Hall–Kier alpha value is -4.34. The van der Waals surface area contributed by atoms with Crippen molar-refractivity contribution in [2.24, 2.45) is 0 Å². The number of likely N-dealkylation sites (N-methyl/N-ethyl adjacent to an activating group) is 1. The fourth-order valence-corrected chi connectivity index (χ4v) is 5.77. The van der Waals surface area contributed by atoms with Gasteiger partial charge in [-0.3, -0.25) is 14.1 Å². The summed E-state index contributed by atoms with van der Waals surface area (Å²) in [6.45, 7) is 7.08. The molecule has 1 aliphatic carbocycles. The number of nitrogens with zero attached hydrogens (tertiary/aromatic N) is 5. The van der Waals surface area contributed by atoms with Gasteiger partial charge in [0.2, 0.25) is 0 Å².